The molecule has 2 heterocycles. The molecule has 0 radical (unpaired) electrons. The van der Waals surface area contributed by atoms with Gasteiger partial charge in [-0.25, -0.2) is 4.98 Å². The SMILES string of the molecule is CC1=C(n2c(N)c(C(N)=O)c3nccnc32)[C@H](C)[C@H](O)C=C1. The van der Waals surface area contributed by atoms with Gasteiger partial charge in [-0.1, -0.05) is 19.1 Å². The van der Waals surface area contributed by atoms with Gasteiger partial charge in [0.1, 0.15) is 16.9 Å². The largest absolute Gasteiger partial charge is 0.388 e. The number of carbonyl (C=O) groups excluding carboxylic acids is 1. The van der Waals surface area contributed by atoms with Gasteiger partial charge >= 0.3 is 0 Å². The normalized spacial score (nSPS) is 21.6. The number of aliphatic hydroxyl groups excluding tert-OH is 1. The van der Waals surface area contributed by atoms with Crippen molar-refractivity contribution >= 4 is 28.6 Å². The second-order valence-electron chi connectivity index (χ2n) is 5.40. The zero-order valence-electron chi connectivity index (χ0n) is 12.3. The Morgan fingerprint density at radius 2 is 2.05 bits per heavy atom. The smallest absolute Gasteiger partial charge is 0.254 e. The minimum atomic E-state index is -0.653. The highest BCUT2D eigenvalue weighted by Gasteiger charge is 2.29. The van der Waals surface area contributed by atoms with Crippen LogP contribution >= 0.6 is 0 Å². The number of anilines is 1. The topological polar surface area (TPSA) is 120 Å². The summed E-state index contributed by atoms with van der Waals surface area (Å²) in [6.07, 6.45) is 5.93. The first-order valence-corrected chi connectivity index (χ1v) is 6.91. The molecule has 7 nitrogen and oxygen atoms in total. The molecule has 22 heavy (non-hydrogen) atoms. The molecule has 0 aliphatic heterocycles. The molecule has 0 bridgehead atoms. The van der Waals surface area contributed by atoms with Gasteiger partial charge in [0.2, 0.25) is 0 Å². The second kappa shape index (κ2) is 4.96. The molecular weight excluding hydrogens is 282 g/mol. The first-order chi connectivity index (χ1) is 10.4. The number of carbonyl (C=O) groups is 1. The Morgan fingerprint density at radius 1 is 1.36 bits per heavy atom. The highest BCUT2D eigenvalue weighted by atomic mass is 16.3. The summed E-state index contributed by atoms with van der Waals surface area (Å²) in [6, 6.07) is 0. The van der Waals surface area contributed by atoms with Gasteiger partial charge in [-0.15, -0.1) is 0 Å². The van der Waals surface area contributed by atoms with Crippen LogP contribution in [-0.4, -0.2) is 31.7 Å². The van der Waals surface area contributed by atoms with Crippen LogP contribution in [0, 0.1) is 5.92 Å². The summed E-state index contributed by atoms with van der Waals surface area (Å²) in [5.74, 6) is -0.664. The van der Waals surface area contributed by atoms with E-state index in [1.165, 1.54) is 12.4 Å². The number of nitrogens with two attached hydrogens (primary N) is 2. The van der Waals surface area contributed by atoms with Crippen molar-refractivity contribution in [2.24, 2.45) is 11.7 Å². The minimum Gasteiger partial charge on any atom is -0.388 e. The number of allylic oxidation sites excluding steroid dienone is 2. The number of aromatic nitrogens is 3. The van der Waals surface area contributed by atoms with Gasteiger partial charge in [0.15, 0.2) is 5.65 Å². The van der Waals surface area contributed by atoms with E-state index in [9.17, 15) is 9.90 Å². The van der Waals surface area contributed by atoms with Gasteiger partial charge < -0.3 is 16.6 Å². The molecule has 0 aromatic carbocycles. The van der Waals surface area contributed by atoms with Crippen LogP contribution in [0.1, 0.15) is 24.2 Å². The summed E-state index contributed by atoms with van der Waals surface area (Å²) in [5.41, 5.74) is 14.3. The van der Waals surface area contributed by atoms with E-state index in [1.54, 1.807) is 10.6 Å². The van der Waals surface area contributed by atoms with E-state index in [0.717, 1.165) is 11.3 Å². The summed E-state index contributed by atoms with van der Waals surface area (Å²) < 4.78 is 1.66. The van der Waals surface area contributed by atoms with E-state index < -0.39 is 12.0 Å². The molecule has 2 atom stereocenters. The van der Waals surface area contributed by atoms with Gasteiger partial charge in [-0.2, -0.15) is 0 Å². The van der Waals surface area contributed by atoms with E-state index in [-0.39, 0.29) is 17.3 Å². The van der Waals surface area contributed by atoms with E-state index in [4.69, 9.17) is 11.5 Å². The minimum absolute atomic E-state index is 0.152. The summed E-state index contributed by atoms with van der Waals surface area (Å²) in [6.45, 7) is 3.80. The molecule has 114 valence electrons. The van der Waals surface area contributed by atoms with Crippen molar-refractivity contribution in [2.75, 3.05) is 5.73 Å². The molecule has 0 spiro atoms. The summed E-state index contributed by atoms with van der Waals surface area (Å²) in [4.78, 5) is 20.2. The molecular formula is C15H17N5O2. The number of aliphatic hydroxyl groups is 1. The van der Waals surface area contributed by atoms with Crippen LogP contribution < -0.4 is 11.5 Å². The Labute approximate surface area is 127 Å². The molecule has 3 rings (SSSR count). The fourth-order valence-corrected chi connectivity index (χ4v) is 2.90. The van der Waals surface area contributed by atoms with E-state index in [2.05, 4.69) is 9.97 Å². The maximum absolute atomic E-state index is 11.7. The Hall–Kier alpha value is -2.67. The number of hydrogen-bond acceptors (Lipinski definition) is 5. The van der Waals surface area contributed by atoms with E-state index in [1.807, 2.05) is 19.9 Å². The highest BCUT2D eigenvalue weighted by molar-refractivity contribution is 6.09. The summed E-state index contributed by atoms with van der Waals surface area (Å²) in [7, 11) is 0. The Morgan fingerprint density at radius 3 is 2.73 bits per heavy atom. The Kier molecular flexibility index (Phi) is 3.22. The lowest BCUT2D eigenvalue weighted by atomic mass is 9.91. The van der Waals surface area contributed by atoms with Crippen LogP contribution in [0.5, 0.6) is 0 Å². The van der Waals surface area contributed by atoms with Crippen LogP contribution in [-0.2, 0) is 0 Å². The van der Waals surface area contributed by atoms with Crippen LogP contribution in [0.4, 0.5) is 5.82 Å². The fraction of sp³-hybridized carbons (Fsp3) is 0.267. The molecule has 2 aromatic rings. The zero-order valence-corrected chi connectivity index (χ0v) is 12.3. The monoisotopic (exact) mass is 299 g/mol. The number of fused-ring (bicyclic) bond motifs is 1. The first kappa shape index (κ1) is 14.3. The lowest BCUT2D eigenvalue weighted by Crippen LogP contribution is -2.24. The van der Waals surface area contributed by atoms with Crippen molar-refractivity contribution in [1.82, 2.24) is 14.5 Å². The average molecular weight is 299 g/mol. The lowest BCUT2D eigenvalue weighted by molar-refractivity contribution is 0.100. The average Bonchev–Trinajstić information content (AvgIpc) is 2.76. The van der Waals surface area contributed by atoms with Gasteiger partial charge in [-0.05, 0) is 12.5 Å². The number of hydrogen-bond donors (Lipinski definition) is 3. The predicted molar refractivity (Wildman–Crippen MR) is 83.7 cm³/mol. The number of nitrogen functional groups attached to an aromatic ring is 1. The summed E-state index contributed by atoms with van der Waals surface area (Å²) >= 11 is 0. The molecule has 1 aliphatic rings. The third-order valence-corrected chi connectivity index (χ3v) is 4.00. The second-order valence-corrected chi connectivity index (χ2v) is 5.40. The van der Waals surface area contributed by atoms with Crippen molar-refractivity contribution in [3.8, 4) is 0 Å². The number of rotatable bonds is 2. The number of nitrogens with zero attached hydrogens (tertiary/aromatic N) is 3. The zero-order chi connectivity index (χ0) is 16.0. The van der Waals surface area contributed by atoms with E-state index in [0.29, 0.717) is 11.2 Å². The Balaban J connectivity index is 2.39. The quantitative estimate of drug-likeness (QED) is 0.761. The molecule has 0 saturated carbocycles. The van der Waals surface area contributed by atoms with Crippen LogP contribution in [0.15, 0.2) is 30.1 Å². The van der Waals surface area contributed by atoms with Crippen molar-refractivity contribution in [2.45, 2.75) is 20.0 Å². The highest BCUT2D eigenvalue weighted by Crippen LogP contribution is 2.36. The molecule has 0 unspecified atom stereocenters. The van der Waals surface area contributed by atoms with Gasteiger partial charge in [-0.3, -0.25) is 14.3 Å². The molecule has 7 heteroatoms. The lowest BCUT2D eigenvalue weighted by Gasteiger charge is -2.27. The molecule has 1 amide bonds. The maximum atomic E-state index is 11.7. The van der Waals surface area contributed by atoms with E-state index >= 15 is 0 Å². The van der Waals surface area contributed by atoms with Crippen LogP contribution in [0.25, 0.3) is 16.9 Å². The maximum Gasteiger partial charge on any atom is 0.254 e. The fourth-order valence-electron chi connectivity index (χ4n) is 2.90. The van der Waals surface area contributed by atoms with Crippen molar-refractivity contribution in [3.05, 3.63) is 35.7 Å². The van der Waals surface area contributed by atoms with Gasteiger partial charge in [0.25, 0.3) is 5.91 Å². The third kappa shape index (κ3) is 1.90. The Bertz CT molecular complexity index is 834. The molecule has 2 aromatic heterocycles. The summed E-state index contributed by atoms with van der Waals surface area (Å²) in [5, 5.41) is 10.1. The third-order valence-electron chi connectivity index (χ3n) is 4.00. The molecule has 0 fully saturated rings. The molecule has 0 saturated heterocycles. The van der Waals surface area contributed by atoms with Crippen LogP contribution in [0.2, 0.25) is 0 Å². The van der Waals surface area contributed by atoms with Crippen molar-refractivity contribution < 1.29 is 9.90 Å². The van der Waals surface area contributed by atoms with Crippen molar-refractivity contribution in [1.29, 1.82) is 0 Å². The van der Waals surface area contributed by atoms with Gasteiger partial charge in [0.05, 0.1) is 6.10 Å². The molecule has 1 aliphatic carbocycles. The van der Waals surface area contributed by atoms with Crippen LogP contribution in [0.3, 0.4) is 0 Å². The number of amides is 1. The molecule has 5 N–H and O–H groups in total. The predicted octanol–water partition coefficient (Wildman–Crippen LogP) is 0.910. The number of primary amides is 1. The standard InChI is InChI=1S/C15H17N5O2/c1-7-3-4-9(21)8(2)12(7)20-13(16)10(14(17)22)11-15(20)19-6-5-18-11/h3-6,8-9,21H,16H2,1-2H3,(H2,17,22)/t8-,9-/m1/s1. The van der Waals surface area contributed by atoms with Gasteiger partial charge in [0, 0.05) is 24.0 Å². The van der Waals surface area contributed by atoms with Crippen molar-refractivity contribution in [3.63, 3.8) is 0 Å². The first-order valence-electron chi connectivity index (χ1n) is 6.91.